The molecule has 3 amide bonds. The Kier molecular flexibility index (Phi) is 5.92. The van der Waals surface area contributed by atoms with E-state index in [0.717, 1.165) is 0 Å². The van der Waals surface area contributed by atoms with Crippen molar-refractivity contribution >= 4 is 34.6 Å². The van der Waals surface area contributed by atoms with E-state index < -0.39 is 11.8 Å². The Labute approximate surface area is 144 Å². The van der Waals surface area contributed by atoms with E-state index in [0.29, 0.717) is 12.1 Å². The minimum absolute atomic E-state index is 0.0120. The topological polar surface area (TPSA) is 70.2 Å². The van der Waals surface area contributed by atoms with Gasteiger partial charge in [0.25, 0.3) is 0 Å². The molecule has 0 saturated carbocycles. The van der Waals surface area contributed by atoms with Gasteiger partial charge >= 0.3 is 6.03 Å². The number of rotatable bonds is 5. The number of carbonyl (C=O) groups is 2. The number of urea groups is 1. The van der Waals surface area contributed by atoms with Gasteiger partial charge in [0.15, 0.2) is 0 Å². The predicted molar refractivity (Wildman–Crippen MR) is 95.1 cm³/mol. The summed E-state index contributed by atoms with van der Waals surface area (Å²) in [5.41, 5.74) is 0.430. The molecule has 2 rings (SSSR count). The third-order valence-corrected chi connectivity index (χ3v) is 4.24. The van der Waals surface area contributed by atoms with Crippen molar-refractivity contribution in [2.45, 2.75) is 33.2 Å². The Morgan fingerprint density at radius 2 is 1.96 bits per heavy atom. The molecule has 0 bridgehead atoms. The van der Waals surface area contributed by atoms with Crippen molar-refractivity contribution in [1.82, 2.24) is 5.32 Å². The molecule has 3 N–H and O–H groups in total. The van der Waals surface area contributed by atoms with Crippen LogP contribution in [0.5, 0.6) is 0 Å². The molecule has 0 aliphatic rings. The first-order chi connectivity index (χ1) is 11.3. The van der Waals surface area contributed by atoms with Gasteiger partial charge < -0.3 is 16.0 Å². The van der Waals surface area contributed by atoms with Crippen LogP contribution in [0.4, 0.5) is 20.6 Å². The summed E-state index contributed by atoms with van der Waals surface area (Å²) in [6.07, 6.45) is 0.709. The van der Waals surface area contributed by atoms with Crippen molar-refractivity contribution in [3.63, 3.8) is 0 Å². The molecule has 0 unspecified atom stereocenters. The molecule has 0 fully saturated rings. The van der Waals surface area contributed by atoms with E-state index in [1.165, 1.54) is 34.9 Å². The summed E-state index contributed by atoms with van der Waals surface area (Å²) < 4.78 is 13.8. The molecule has 1 aromatic carbocycles. The fraction of sp³-hybridized carbons (Fsp3) is 0.294. The zero-order valence-electron chi connectivity index (χ0n) is 13.8. The quantitative estimate of drug-likeness (QED) is 0.766. The van der Waals surface area contributed by atoms with Crippen LogP contribution in [-0.2, 0) is 11.2 Å². The highest BCUT2D eigenvalue weighted by atomic mass is 32.1. The van der Waals surface area contributed by atoms with Crippen molar-refractivity contribution < 1.29 is 14.0 Å². The van der Waals surface area contributed by atoms with Gasteiger partial charge in [-0.25, -0.2) is 9.18 Å². The molecule has 0 aliphatic carbocycles. The summed E-state index contributed by atoms with van der Waals surface area (Å²) in [6.45, 7) is 5.28. The van der Waals surface area contributed by atoms with Gasteiger partial charge in [0, 0.05) is 34.8 Å². The van der Waals surface area contributed by atoms with Gasteiger partial charge in [-0.15, -0.1) is 11.3 Å². The first kappa shape index (κ1) is 17.9. The van der Waals surface area contributed by atoms with Crippen LogP contribution in [0.2, 0.25) is 0 Å². The molecule has 2 aromatic rings. The molecular weight excluding hydrogens is 329 g/mol. The van der Waals surface area contributed by atoms with Crippen LogP contribution in [0.15, 0.2) is 30.3 Å². The first-order valence-electron chi connectivity index (χ1n) is 7.53. The number of halogens is 1. The van der Waals surface area contributed by atoms with Crippen LogP contribution in [0, 0.1) is 12.7 Å². The standard InChI is InChI=1S/C17H20FN3O2S/c1-10(8-14-6-4-11(2)24-14)19-17(23)21-16-9-13(20-12(3)22)5-7-15(16)18/h4-7,9-10H,8H2,1-3H3,(H,20,22)(H2,19,21,23)/t10-/m1/s1. The Balaban J connectivity index is 1.94. The molecule has 128 valence electrons. The lowest BCUT2D eigenvalue weighted by molar-refractivity contribution is -0.114. The second-order valence-corrected chi connectivity index (χ2v) is 6.96. The monoisotopic (exact) mass is 349 g/mol. The fourth-order valence-corrected chi connectivity index (χ4v) is 3.25. The second-order valence-electron chi connectivity index (χ2n) is 5.59. The van der Waals surface area contributed by atoms with Gasteiger partial charge in [-0.2, -0.15) is 0 Å². The number of nitrogens with one attached hydrogen (secondary N) is 3. The van der Waals surface area contributed by atoms with Crippen LogP contribution in [0.25, 0.3) is 0 Å². The molecule has 24 heavy (non-hydrogen) atoms. The lowest BCUT2D eigenvalue weighted by Gasteiger charge is -2.15. The highest BCUT2D eigenvalue weighted by Gasteiger charge is 2.12. The minimum Gasteiger partial charge on any atom is -0.335 e. The Morgan fingerprint density at radius 1 is 1.21 bits per heavy atom. The van der Waals surface area contributed by atoms with E-state index in [9.17, 15) is 14.0 Å². The molecule has 0 spiro atoms. The lowest BCUT2D eigenvalue weighted by atomic mass is 10.2. The smallest absolute Gasteiger partial charge is 0.319 e. The maximum atomic E-state index is 13.8. The summed E-state index contributed by atoms with van der Waals surface area (Å²) in [5.74, 6) is -0.836. The minimum atomic E-state index is -0.569. The maximum Gasteiger partial charge on any atom is 0.319 e. The van der Waals surface area contributed by atoms with Gasteiger partial charge in [0.2, 0.25) is 5.91 Å². The van der Waals surface area contributed by atoms with Gasteiger partial charge in [-0.1, -0.05) is 0 Å². The highest BCUT2D eigenvalue weighted by molar-refractivity contribution is 7.11. The van der Waals surface area contributed by atoms with Crippen molar-refractivity contribution in [2.75, 3.05) is 10.6 Å². The van der Waals surface area contributed by atoms with E-state index in [1.807, 2.05) is 26.0 Å². The number of carbonyl (C=O) groups excluding carboxylic acids is 2. The predicted octanol–water partition coefficient (Wildman–Crippen LogP) is 3.91. The first-order valence-corrected chi connectivity index (χ1v) is 8.35. The number of benzene rings is 1. The molecule has 0 radical (unpaired) electrons. The van der Waals surface area contributed by atoms with Crippen molar-refractivity contribution in [2.24, 2.45) is 0 Å². The van der Waals surface area contributed by atoms with Gasteiger partial charge in [0.05, 0.1) is 5.69 Å². The zero-order valence-corrected chi connectivity index (χ0v) is 14.6. The second kappa shape index (κ2) is 7.92. The van der Waals surface area contributed by atoms with E-state index in [1.54, 1.807) is 11.3 Å². The van der Waals surface area contributed by atoms with Gasteiger partial charge in [-0.05, 0) is 44.2 Å². The molecule has 0 saturated heterocycles. The van der Waals surface area contributed by atoms with Gasteiger partial charge in [-0.3, -0.25) is 4.79 Å². The normalized spacial score (nSPS) is 11.7. The summed E-state index contributed by atoms with van der Waals surface area (Å²) in [6, 6.07) is 7.49. The van der Waals surface area contributed by atoms with E-state index in [-0.39, 0.29) is 17.6 Å². The molecule has 1 atom stereocenters. The number of anilines is 2. The Hall–Kier alpha value is -2.41. The number of aryl methyl sites for hydroxylation is 1. The molecule has 1 aromatic heterocycles. The van der Waals surface area contributed by atoms with E-state index in [4.69, 9.17) is 0 Å². The lowest BCUT2D eigenvalue weighted by Crippen LogP contribution is -2.37. The number of hydrogen-bond donors (Lipinski definition) is 3. The molecular formula is C17H20FN3O2S. The average Bonchev–Trinajstić information content (AvgIpc) is 2.86. The van der Waals surface area contributed by atoms with Crippen LogP contribution < -0.4 is 16.0 Å². The molecule has 0 aliphatic heterocycles. The zero-order chi connectivity index (χ0) is 17.7. The maximum absolute atomic E-state index is 13.8. The summed E-state index contributed by atoms with van der Waals surface area (Å²) in [7, 11) is 0. The van der Waals surface area contributed by atoms with Crippen LogP contribution in [-0.4, -0.2) is 18.0 Å². The summed E-state index contributed by atoms with van der Waals surface area (Å²) in [4.78, 5) is 25.5. The molecule has 7 heteroatoms. The van der Waals surface area contributed by atoms with Crippen molar-refractivity contribution in [3.8, 4) is 0 Å². The van der Waals surface area contributed by atoms with Crippen LogP contribution >= 0.6 is 11.3 Å². The van der Waals surface area contributed by atoms with Gasteiger partial charge in [0.1, 0.15) is 5.82 Å². The number of amides is 3. The number of thiophene rings is 1. The average molecular weight is 349 g/mol. The summed E-state index contributed by atoms with van der Waals surface area (Å²) >= 11 is 1.69. The summed E-state index contributed by atoms with van der Waals surface area (Å²) in [5, 5.41) is 7.79. The van der Waals surface area contributed by atoms with Crippen molar-refractivity contribution in [3.05, 3.63) is 45.9 Å². The number of hydrogen-bond acceptors (Lipinski definition) is 3. The third-order valence-electron chi connectivity index (χ3n) is 3.22. The SMILES string of the molecule is CC(=O)Nc1ccc(F)c(NC(=O)N[C@H](C)Cc2ccc(C)s2)c1. The fourth-order valence-electron chi connectivity index (χ4n) is 2.23. The highest BCUT2D eigenvalue weighted by Crippen LogP contribution is 2.20. The molecule has 5 nitrogen and oxygen atoms in total. The van der Waals surface area contributed by atoms with E-state index >= 15 is 0 Å². The Bertz CT molecular complexity index is 745. The molecule has 1 heterocycles. The van der Waals surface area contributed by atoms with Crippen LogP contribution in [0.1, 0.15) is 23.6 Å². The van der Waals surface area contributed by atoms with Crippen LogP contribution in [0.3, 0.4) is 0 Å². The van der Waals surface area contributed by atoms with Crippen molar-refractivity contribution in [1.29, 1.82) is 0 Å². The largest absolute Gasteiger partial charge is 0.335 e. The Morgan fingerprint density at radius 3 is 2.58 bits per heavy atom. The third kappa shape index (κ3) is 5.34. The van der Waals surface area contributed by atoms with E-state index in [2.05, 4.69) is 16.0 Å².